The molecule has 0 radical (unpaired) electrons. The maximum atomic E-state index is 13.9. The molecule has 1 unspecified atom stereocenters. The first-order chi connectivity index (χ1) is 18.5. The molecule has 4 rings (SSSR count). The molecule has 0 saturated heterocycles. The first-order valence-electron chi connectivity index (χ1n) is 13.0. The van der Waals surface area contributed by atoms with Gasteiger partial charge in [-0.3, -0.25) is 19.7 Å². The van der Waals surface area contributed by atoms with Crippen LogP contribution in [0, 0.1) is 10.1 Å². The Labute approximate surface area is 222 Å². The third-order valence-electron chi connectivity index (χ3n) is 6.99. The second kappa shape index (κ2) is 12.9. The summed E-state index contributed by atoms with van der Waals surface area (Å²) in [6.07, 6.45) is 5.54. The third kappa shape index (κ3) is 6.76. The van der Waals surface area contributed by atoms with Crippen LogP contribution in [-0.2, 0) is 11.2 Å². The predicted molar refractivity (Wildman–Crippen MR) is 145 cm³/mol. The van der Waals surface area contributed by atoms with E-state index in [0.29, 0.717) is 23.3 Å². The summed E-state index contributed by atoms with van der Waals surface area (Å²) >= 11 is 0. The Balaban J connectivity index is 1.71. The standard InChI is InChI=1S/C30H33N3O5/c1-38-27-14-8-9-22(21-27)19-20-32(30(35)24-10-4-2-5-11-24)28(23-15-17-26(18-16-23)33(36)37)29(34)31-25-12-6-3-7-13-25/h2,4-5,8-11,14-18,21,25,28H,3,6-7,12-13,19-20H2,1H3,(H,31,34). The number of methoxy groups -OCH3 is 1. The van der Waals surface area contributed by atoms with E-state index in [1.807, 2.05) is 30.3 Å². The molecule has 8 heteroatoms. The summed E-state index contributed by atoms with van der Waals surface area (Å²) in [5.41, 5.74) is 1.89. The quantitative estimate of drug-likeness (QED) is 0.285. The lowest BCUT2D eigenvalue weighted by Gasteiger charge is -2.33. The van der Waals surface area contributed by atoms with E-state index in [4.69, 9.17) is 4.74 Å². The number of nitro groups is 1. The first-order valence-corrected chi connectivity index (χ1v) is 13.0. The van der Waals surface area contributed by atoms with Crippen molar-refractivity contribution in [1.29, 1.82) is 0 Å². The van der Waals surface area contributed by atoms with Crippen molar-refractivity contribution in [3.8, 4) is 5.75 Å². The van der Waals surface area contributed by atoms with Gasteiger partial charge in [0.2, 0.25) is 5.91 Å². The Morgan fingerprint density at radius 1 is 1.00 bits per heavy atom. The molecule has 1 aliphatic carbocycles. The highest BCUT2D eigenvalue weighted by atomic mass is 16.6. The van der Waals surface area contributed by atoms with E-state index in [1.165, 1.54) is 12.1 Å². The number of ether oxygens (including phenoxy) is 1. The summed E-state index contributed by atoms with van der Waals surface area (Å²) in [7, 11) is 1.60. The molecule has 198 valence electrons. The number of nitrogens with zero attached hydrogens (tertiary/aromatic N) is 2. The van der Waals surface area contributed by atoms with Crippen LogP contribution in [-0.4, -0.2) is 41.3 Å². The summed E-state index contributed by atoms with van der Waals surface area (Å²) in [5.74, 6) is 0.154. The van der Waals surface area contributed by atoms with E-state index in [1.54, 1.807) is 48.4 Å². The highest BCUT2D eigenvalue weighted by Gasteiger charge is 2.33. The van der Waals surface area contributed by atoms with E-state index in [9.17, 15) is 19.7 Å². The Morgan fingerprint density at radius 2 is 1.71 bits per heavy atom. The van der Waals surface area contributed by atoms with Gasteiger partial charge < -0.3 is 15.0 Å². The summed E-state index contributed by atoms with van der Waals surface area (Å²) < 4.78 is 5.35. The van der Waals surface area contributed by atoms with Gasteiger partial charge in [0.25, 0.3) is 11.6 Å². The lowest BCUT2D eigenvalue weighted by atomic mass is 9.94. The number of nitrogens with one attached hydrogen (secondary N) is 1. The van der Waals surface area contributed by atoms with Gasteiger partial charge in [-0.15, -0.1) is 0 Å². The topological polar surface area (TPSA) is 102 Å². The van der Waals surface area contributed by atoms with Gasteiger partial charge in [-0.2, -0.15) is 0 Å². The maximum absolute atomic E-state index is 13.9. The Morgan fingerprint density at radius 3 is 2.37 bits per heavy atom. The second-order valence-electron chi connectivity index (χ2n) is 9.56. The van der Waals surface area contributed by atoms with Crippen molar-refractivity contribution >= 4 is 17.5 Å². The van der Waals surface area contributed by atoms with Crippen LogP contribution in [0.15, 0.2) is 78.9 Å². The number of hydrogen-bond donors (Lipinski definition) is 1. The number of rotatable bonds is 10. The number of benzene rings is 3. The molecule has 0 aromatic heterocycles. The van der Waals surface area contributed by atoms with Crippen molar-refractivity contribution < 1.29 is 19.2 Å². The molecule has 0 aliphatic heterocycles. The van der Waals surface area contributed by atoms with Crippen molar-refractivity contribution in [1.82, 2.24) is 10.2 Å². The molecule has 1 saturated carbocycles. The molecular formula is C30H33N3O5. The molecule has 2 amide bonds. The summed E-state index contributed by atoms with van der Waals surface area (Å²) in [4.78, 5) is 40.1. The number of nitro benzene ring substituents is 1. The fourth-order valence-electron chi connectivity index (χ4n) is 4.95. The molecule has 0 spiro atoms. The molecule has 8 nitrogen and oxygen atoms in total. The highest BCUT2D eigenvalue weighted by Crippen LogP contribution is 2.28. The molecular weight excluding hydrogens is 482 g/mol. The Bertz CT molecular complexity index is 1240. The predicted octanol–water partition coefficient (Wildman–Crippen LogP) is 5.48. The van der Waals surface area contributed by atoms with Crippen molar-refractivity contribution in [2.75, 3.05) is 13.7 Å². The van der Waals surface area contributed by atoms with E-state index < -0.39 is 11.0 Å². The Kier molecular flexibility index (Phi) is 9.08. The second-order valence-corrected chi connectivity index (χ2v) is 9.56. The van der Waals surface area contributed by atoms with Crippen molar-refractivity contribution in [2.45, 2.75) is 50.6 Å². The minimum atomic E-state index is -0.948. The smallest absolute Gasteiger partial charge is 0.269 e. The summed E-state index contributed by atoms with van der Waals surface area (Å²) in [6.45, 7) is 0.265. The molecule has 0 bridgehead atoms. The molecule has 38 heavy (non-hydrogen) atoms. The molecule has 1 aliphatic rings. The van der Waals surface area contributed by atoms with Gasteiger partial charge in [0.15, 0.2) is 0 Å². The number of carbonyl (C=O) groups excluding carboxylic acids is 2. The van der Waals surface area contributed by atoms with Crippen LogP contribution < -0.4 is 10.1 Å². The summed E-state index contributed by atoms with van der Waals surface area (Å²) in [5, 5.41) is 14.4. The van der Waals surface area contributed by atoms with Gasteiger partial charge in [-0.05, 0) is 66.8 Å². The maximum Gasteiger partial charge on any atom is 0.269 e. The molecule has 1 fully saturated rings. The molecule has 1 N–H and O–H groups in total. The van der Waals surface area contributed by atoms with Gasteiger partial charge in [0.05, 0.1) is 12.0 Å². The normalized spacial score (nSPS) is 14.3. The number of non-ortho nitro benzene ring substituents is 1. The average molecular weight is 516 g/mol. The number of carbonyl (C=O) groups is 2. The fourth-order valence-corrected chi connectivity index (χ4v) is 4.95. The van der Waals surface area contributed by atoms with Crippen LogP contribution in [0.4, 0.5) is 5.69 Å². The van der Waals surface area contributed by atoms with E-state index in [-0.39, 0.29) is 30.1 Å². The third-order valence-corrected chi connectivity index (χ3v) is 6.99. The zero-order chi connectivity index (χ0) is 26.9. The molecule has 3 aromatic rings. The Hall–Kier alpha value is -4.20. The minimum absolute atomic E-state index is 0.0452. The minimum Gasteiger partial charge on any atom is -0.497 e. The van der Waals surface area contributed by atoms with Crippen LogP contribution in [0.5, 0.6) is 5.75 Å². The van der Waals surface area contributed by atoms with Crippen molar-refractivity contribution in [2.24, 2.45) is 0 Å². The monoisotopic (exact) mass is 515 g/mol. The van der Waals surface area contributed by atoms with Crippen molar-refractivity contribution in [3.05, 3.63) is 106 Å². The SMILES string of the molecule is COc1cccc(CCN(C(=O)c2ccccc2)C(C(=O)NC2CCCCC2)c2ccc([N+](=O)[O-])cc2)c1. The molecule has 0 heterocycles. The summed E-state index contributed by atoms with van der Waals surface area (Å²) in [6, 6.07) is 21.5. The van der Waals surface area contributed by atoms with Crippen LogP contribution in [0.25, 0.3) is 0 Å². The lowest BCUT2D eigenvalue weighted by Crippen LogP contribution is -2.47. The van der Waals surface area contributed by atoms with E-state index >= 15 is 0 Å². The van der Waals surface area contributed by atoms with Crippen LogP contribution in [0.2, 0.25) is 0 Å². The van der Waals surface area contributed by atoms with Crippen LogP contribution in [0.3, 0.4) is 0 Å². The zero-order valence-electron chi connectivity index (χ0n) is 21.5. The fraction of sp³-hybridized carbons (Fsp3) is 0.333. The van der Waals surface area contributed by atoms with Crippen molar-refractivity contribution in [3.63, 3.8) is 0 Å². The lowest BCUT2D eigenvalue weighted by molar-refractivity contribution is -0.384. The van der Waals surface area contributed by atoms with Gasteiger partial charge in [0.1, 0.15) is 11.8 Å². The van der Waals surface area contributed by atoms with E-state index in [2.05, 4.69) is 5.32 Å². The van der Waals surface area contributed by atoms with Crippen LogP contribution >= 0.6 is 0 Å². The average Bonchev–Trinajstić information content (AvgIpc) is 2.96. The molecule has 3 aromatic carbocycles. The first kappa shape index (κ1) is 26.9. The molecule has 1 atom stereocenters. The number of amides is 2. The van der Waals surface area contributed by atoms with Gasteiger partial charge in [-0.1, -0.05) is 49.6 Å². The van der Waals surface area contributed by atoms with Gasteiger partial charge in [0, 0.05) is 30.3 Å². The largest absolute Gasteiger partial charge is 0.497 e. The van der Waals surface area contributed by atoms with E-state index in [0.717, 1.165) is 37.7 Å². The zero-order valence-corrected chi connectivity index (χ0v) is 21.5. The number of hydrogen-bond acceptors (Lipinski definition) is 5. The van der Waals surface area contributed by atoms with Gasteiger partial charge >= 0.3 is 0 Å². The van der Waals surface area contributed by atoms with Gasteiger partial charge in [-0.25, -0.2) is 0 Å². The van der Waals surface area contributed by atoms with Crippen LogP contribution in [0.1, 0.15) is 59.6 Å². The highest BCUT2D eigenvalue weighted by molar-refractivity contribution is 5.98.